The van der Waals surface area contributed by atoms with Gasteiger partial charge in [-0.1, -0.05) is 46.3 Å². The molecule has 0 amide bonds. The van der Waals surface area contributed by atoms with Gasteiger partial charge in [0.15, 0.2) is 0 Å². The molecule has 32 heavy (non-hydrogen) atoms. The predicted octanol–water partition coefficient (Wildman–Crippen LogP) is 5.16. The molecular weight excluding hydrogens is 472 g/mol. The minimum atomic E-state index is -0.339. The predicted molar refractivity (Wildman–Crippen MR) is 127 cm³/mol. The van der Waals surface area contributed by atoms with Crippen molar-refractivity contribution in [2.45, 2.75) is 12.2 Å². The molecule has 0 fully saturated rings. The molecule has 2 atom stereocenters. The number of methoxy groups -OCH3 is 3. The molecule has 0 aromatic heterocycles. The zero-order chi connectivity index (χ0) is 22.7. The molecule has 4 rings (SSSR count). The summed E-state index contributed by atoms with van der Waals surface area (Å²) >= 11 is 3.60. The molecule has 0 saturated carbocycles. The lowest BCUT2D eigenvalue weighted by molar-refractivity contribution is -0.143. The molecule has 3 aromatic carbocycles. The number of esters is 1. The van der Waals surface area contributed by atoms with Crippen molar-refractivity contribution in [3.05, 3.63) is 87.9 Å². The maximum atomic E-state index is 12.5. The Labute approximate surface area is 196 Å². The van der Waals surface area contributed by atoms with E-state index in [1.807, 2.05) is 48.5 Å². The van der Waals surface area contributed by atoms with Gasteiger partial charge in [0.05, 0.1) is 33.9 Å². The van der Waals surface area contributed by atoms with E-state index in [0.29, 0.717) is 11.5 Å². The lowest BCUT2D eigenvalue weighted by atomic mass is 9.91. The molecule has 0 aliphatic carbocycles. The number of carbonyl (C=O) groups is 1. The van der Waals surface area contributed by atoms with Crippen LogP contribution in [0.3, 0.4) is 0 Å². The number of carbonyl (C=O) groups excluding carboxylic acids is 1. The zero-order valence-corrected chi connectivity index (χ0v) is 19.8. The van der Waals surface area contributed by atoms with Crippen LogP contribution >= 0.6 is 15.9 Å². The molecule has 0 spiro atoms. The van der Waals surface area contributed by atoms with Gasteiger partial charge in [-0.25, -0.2) is 0 Å². The summed E-state index contributed by atoms with van der Waals surface area (Å²) < 4.78 is 17.1. The monoisotopic (exact) mass is 496 g/mol. The Bertz CT molecular complexity index is 1110. The topological polar surface area (TPSA) is 60.0 Å². The van der Waals surface area contributed by atoms with Crippen LogP contribution in [-0.4, -0.2) is 38.7 Å². The van der Waals surface area contributed by atoms with Gasteiger partial charge in [0.2, 0.25) is 0 Å². The molecule has 7 heteroatoms. The third-order valence-electron chi connectivity index (χ3n) is 5.65. The van der Waals surface area contributed by atoms with Gasteiger partial charge in [-0.3, -0.25) is 9.69 Å². The summed E-state index contributed by atoms with van der Waals surface area (Å²) in [4.78, 5) is 14.6. The summed E-state index contributed by atoms with van der Waals surface area (Å²) in [6.45, 7) is 0.0921. The van der Waals surface area contributed by atoms with Gasteiger partial charge in [0, 0.05) is 21.8 Å². The average Bonchev–Trinajstić information content (AvgIpc) is 2.83. The molecule has 0 saturated heterocycles. The fraction of sp³-hybridized carbons (Fsp3) is 0.240. The number of hydrogen-bond donors (Lipinski definition) is 1. The molecule has 0 bridgehead atoms. The Morgan fingerprint density at radius 3 is 2.44 bits per heavy atom. The summed E-state index contributed by atoms with van der Waals surface area (Å²) in [6.07, 6.45) is -0.339. The van der Waals surface area contributed by atoms with Gasteiger partial charge in [-0.05, 0) is 41.5 Å². The number of nitrogens with zero attached hydrogens (tertiary/aromatic N) is 1. The van der Waals surface area contributed by atoms with Crippen LogP contribution in [0.1, 0.15) is 28.9 Å². The van der Waals surface area contributed by atoms with Crippen LogP contribution in [0.25, 0.3) is 0 Å². The lowest BCUT2D eigenvalue weighted by Crippen LogP contribution is -2.44. The molecule has 0 radical (unpaired) electrons. The van der Waals surface area contributed by atoms with Crippen LogP contribution in [0.2, 0.25) is 0 Å². The zero-order valence-electron chi connectivity index (χ0n) is 18.2. The Morgan fingerprint density at radius 1 is 0.969 bits per heavy atom. The third kappa shape index (κ3) is 4.31. The van der Waals surface area contributed by atoms with Crippen LogP contribution in [0, 0.1) is 0 Å². The van der Waals surface area contributed by atoms with E-state index in [9.17, 15) is 4.79 Å². The van der Waals surface area contributed by atoms with Crippen LogP contribution < -0.4 is 14.8 Å². The fourth-order valence-corrected chi connectivity index (χ4v) is 4.53. The summed E-state index contributed by atoms with van der Waals surface area (Å²) in [5, 5.41) is 3.61. The van der Waals surface area contributed by atoms with E-state index < -0.39 is 0 Å². The fourth-order valence-electron chi connectivity index (χ4n) is 4.15. The normalized spacial score (nSPS) is 17.8. The number of hydrogen-bond acceptors (Lipinski definition) is 6. The standard InChI is InChI=1S/C25H25BrN2O4/c1-30-18-10-11-19(22(14-18)31-2)25-27-21-12-9-17(26)13-20(21)24(16-7-5-4-6-8-16)28(25)15-23(29)32-3/h4-14,24-25,27H,15H2,1-3H3/t24-,25+/m1/s1. The van der Waals surface area contributed by atoms with Gasteiger partial charge >= 0.3 is 5.97 Å². The number of anilines is 1. The first-order valence-electron chi connectivity index (χ1n) is 10.2. The highest BCUT2D eigenvalue weighted by Gasteiger charge is 2.38. The molecule has 3 aromatic rings. The molecule has 0 unspecified atom stereocenters. The Balaban J connectivity index is 1.91. The molecule has 1 heterocycles. The summed E-state index contributed by atoms with van der Waals surface area (Å²) in [5.74, 6) is 1.05. The van der Waals surface area contributed by atoms with Crippen molar-refractivity contribution in [2.75, 3.05) is 33.2 Å². The Morgan fingerprint density at radius 2 is 1.75 bits per heavy atom. The highest BCUT2D eigenvalue weighted by atomic mass is 79.9. The van der Waals surface area contributed by atoms with Crippen LogP contribution in [-0.2, 0) is 9.53 Å². The first kappa shape index (κ1) is 22.2. The van der Waals surface area contributed by atoms with Crippen molar-refractivity contribution in [1.29, 1.82) is 0 Å². The Kier molecular flexibility index (Phi) is 6.67. The molecule has 1 aliphatic heterocycles. The third-order valence-corrected chi connectivity index (χ3v) is 6.15. The number of ether oxygens (including phenoxy) is 3. The van der Waals surface area contributed by atoms with Crippen LogP contribution in [0.15, 0.2) is 71.2 Å². The number of nitrogens with one attached hydrogen (secondary N) is 1. The molecule has 6 nitrogen and oxygen atoms in total. The number of benzene rings is 3. The number of halogens is 1. The minimum absolute atomic E-state index is 0.0921. The summed E-state index contributed by atoms with van der Waals surface area (Å²) in [7, 11) is 4.66. The first-order chi connectivity index (χ1) is 15.5. The van der Waals surface area contributed by atoms with E-state index >= 15 is 0 Å². The molecule has 1 N–H and O–H groups in total. The van der Waals surface area contributed by atoms with Crippen molar-refractivity contribution in [3.8, 4) is 11.5 Å². The first-order valence-corrected chi connectivity index (χ1v) is 11.0. The average molecular weight is 497 g/mol. The van der Waals surface area contributed by atoms with E-state index in [1.54, 1.807) is 14.2 Å². The number of rotatable bonds is 6. The maximum absolute atomic E-state index is 12.5. The van der Waals surface area contributed by atoms with Crippen molar-refractivity contribution in [1.82, 2.24) is 4.90 Å². The highest BCUT2D eigenvalue weighted by Crippen LogP contribution is 2.46. The molecule has 1 aliphatic rings. The van der Waals surface area contributed by atoms with E-state index in [0.717, 1.165) is 26.9 Å². The minimum Gasteiger partial charge on any atom is -0.497 e. The van der Waals surface area contributed by atoms with Crippen molar-refractivity contribution < 1.29 is 19.0 Å². The highest BCUT2D eigenvalue weighted by molar-refractivity contribution is 9.10. The van der Waals surface area contributed by atoms with Gasteiger partial charge < -0.3 is 19.5 Å². The van der Waals surface area contributed by atoms with Gasteiger partial charge in [-0.2, -0.15) is 0 Å². The molecular formula is C25H25BrN2O4. The second-order valence-electron chi connectivity index (χ2n) is 7.45. The Hall–Kier alpha value is -3.03. The van der Waals surface area contributed by atoms with E-state index in [4.69, 9.17) is 14.2 Å². The maximum Gasteiger partial charge on any atom is 0.319 e. The molecule has 166 valence electrons. The van der Waals surface area contributed by atoms with Gasteiger partial charge in [-0.15, -0.1) is 0 Å². The summed E-state index contributed by atoms with van der Waals surface area (Å²) in [5.41, 5.74) is 4.03. The number of fused-ring (bicyclic) bond motifs is 1. The van der Waals surface area contributed by atoms with E-state index in [1.165, 1.54) is 7.11 Å². The van der Waals surface area contributed by atoms with Crippen LogP contribution in [0.5, 0.6) is 11.5 Å². The quantitative estimate of drug-likeness (QED) is 0.476. The van der Waals surface area contributed by atoms with Crippen molar-refractivity contribution in [3.63, 3.8) is 0 Å². The van der Waals surface area contributed by atoms with Crippen LogP contribution in [0.4, 0.5) is 5.69 Å². The van der Waals surface area contributed by atoms with E-state index in [2.05, 4.69) is 44.3 Å². The van der Waals surface area contributed by atoms with Gasteiger partial charge in [0.25, 0.3) is 0 Å². The van der Waals surface area contributed by atoms with Crippen molar-refractivity contribution >= 4 is 27.6 Å². The largest absolute Gasteiger partial charge is 0.497 e. The van der Waals surface area contributed by atoms with Gasteiger partial charge in [0.1, 0.15) is 17.7 Å². The van der Waals surface area contributed by atoms with E-state index in [-0.39, 0.29) is 24.7 Å². The summed E-state index contributed by atoms with van der Waals surface area (Å²) in [6, 6.07) is 21.8. The smallest absolute Gasteiger partial charge is 0.319 e. The SMILES string of the molecule is COC(=O)CN1[C@H](c2ccccc2)c2cc(Br)ccc2N[C@@H]1c1ccc(OC)cc1OC. The second kappa shape index (κ2) is 9.63. The lowest BCUT2D eigenvalue weighted by Gasteiger charge is -2.44. The van der Waals surface area contributed by atoms with Crippen molar-refractivity contribution in [2.24, 2.45) is 0 Å². The second-order valence-corrected chi connectivity index (χ2v) is 8.36.